The summed E-state index contributed by atoms with van der Waals surface area (Å²) < 4.78 is 5.95. The van der Waals surface area contributed by atoms with Crippen molar-refractivity contribution >= 4 is 14.8 Å². The number of hydrogen-bond donors (Lipinski definition) is 0. The van der Waals surface area contributed by atoms with Crippen molar-refractivity contribution in [2.45, 2.75) is 33.5 Å². The highest BCUT2D eigenvalue weighted by Crippen LogP contribution is 2.20. The van der Waals surface area contributed by atoms with Crippen LogP contribution in [0.4, 0.5) is 0 Å². The summed E-state index contributed by atoms with van der Waals surface area (Å²) in [4.78, 5) is 13.2. The smallest absolute Gasteiger partial charge is 0.229 e. The molecule has 0 atom stereocenters. The summed E-state index contributed by atoms with van der Waals surface area (Å²) in [6.07, 6.45) is 3.39. The second-order valence-electron chi connectivity index (χ2n) is 5.17. The van der Waals surface area contributed by atoms with Crippen LogP contribution in [0.3, 0.4) is 0 Å². The highest BCUT2D eigenvalue weighted by atomic mass is 28.3. The Labute approximate surface area is 127 Å². The van der Waals surface area contributed by atoms with Crippen LogP contribution in [0.5, 0.6) is 5.75 Å². The normalized spacial score (nSPS) is 11.8. The number of nitrogens with zero attached hydrogens (tertiary/aromatic N) is 3. The summed E-state index contributed by atoms with van der Waals surface area (Å²) in [6, 6.07) is 8.09. The lowest BCUT2D eigenvalue weighted by Gasteiger charge is -2.13. The topological polar surface area (TPSA) is 47.4 Å². The average Bonchev–Trinajstić information content (AvgIpc) is 2.46. The third-order valence-corrected chi connectivity index (χ3v) is 3.77. The molecule has 0 amide bonds. The monoisotopic (exact) mass is 299 g/mol. The van der Waals surface area contributed by atoms with Crippen LogP contribution in [0.15, 0.2) is 41.7 Å². The Balaban J connectivity index is 2.19. The Morgan fingerprint density at radius 3 is 2.62 bits per heavy atom. The Bertz CT molecular complexity index is 641. The molecule has 0 fully saturated rings. The van der Waals surface area contributed by atoms with Crippen molar-refractivity contribution in [3.05, 3.63) is 53.6 Å². The molecule has 4 nitrogen and oxygen atoms in total. The van der Waals surface area contributed by atoms with Crippen molar-refractivity contribution in [1.82, 2.24) is 9.97 Å². The second kappa shape index (κ2) is 7.13. The fourth-order valence-corrected chi connectivity index (χ4v) is 2.78. The minimum absolute atomic E-state index is 0.596. The van der Waals surface area contributed by atoms with Gasteiger partial charge in [-0.2, -0.15) is 0 Å². The van der Waals surface area contributed by atoms with Crippen molar-refractivity contribution in [2.24, 2.45) is 4.99 Å². The van der Waals surface area contributed by atoms with Crippen LogP contribution in [0.1, 0.15) is 23.9 Å². The molecule has 0 radical (unpaired) electrons. The maximum atomic E-state index is 5.95. The number of rotatable bonds is 5. The fraction of sp³-hybridized carbons (Fsp3) is 0.312. The standard InChI is InChI=1S/C16H21N3OSi/c1-12-16(18-10-9-17-12)13(2)19-11-14-7-5-6-8-15(14)20-21(3)4/h5-10,21H,11H2,1-4H3. The van der Waals surface area contributed by atoms with E-state index < -0.39 is 9.04 Å². The van der Waals surface area contributed by atoms with Gasteiger partial charge in [0, 0.05) is 18.0 Å². The predicted molar refractivity (Wildman–Crippen MR) is 88.6 cm³/mol. The van der Waals surface area contributed by atoms with Gasteiger partial charge in [-0.15, -0.1) is 0 Å². The van der Waals surface area contributed by atoms with Gasteiger partial charge in [-0.3, -0.25) is 15.0 Å². The van der Waals surface area contributed by atoms with Crippen molar-refractivity contribution in [1.29, 1.82) is 0 Å². The number of aliphatic imine (C=N–C) groups is 1. The van der Waals surface area contributed by atoms with E-state index in [1.54, 1.807) is 12.4 Å². The fourth-order valence-electron chi connectivity index (χ4n) is 2.04. The molecule has 0 bridgehead atoms. The van der Waals surface area contributed by atoms with Gasteiger partial charge >= 0.3 is 0 Å². The lowest BCUT2D eigenvalue weighted by Crippen LogP contribution is -2.12. The Morgan fingerprint density at radius 2 is 1.90 bits per heavy atom. The van der Waals surface area contributed by atoms with Crippen LogP contribution >= 0.6 is 0 Å². The van der Waals surface area contributed by atoms with Crippen LogP contribution in [0.2, 0.25) is 13.1 Å². The molecule has 0 unspecified atom stereocenters. The van der Waals surface area contributed by atoms with E-state index in [0.717, 1.165) is 28.4 Å². The van der Waals surface area contributed by atoms with Crippen molar-refractivity contribution in [3.63, 3.8) is 0 Å². The number of aryl methyl sites for hydroxylation is 1. The molecular formula is C16H21N3OSi. The van der Waals surface area contributed by atoms with E-state index >= 15 is 0 Å². The van der Waals surface area contributed by atoms with Gasteiger partial charge in [0.05, 0.1) is 18.0 Å². The van der Waals surface area contributed by atoms with Gasteiger partial charge in [0.15, 0.2) is 0 Å². The molecule has 110 valence electrons. The van der Waals surface area contributed by atoms with Crippen LogP contribution in [0, 0.1) is 6.92 Å². The minimum Gasteiger partial charge on any atom is -0.547 e. The van der Waals surface area contributed by atoms with Crippen LogP contribution < -0.4 is 4.43 Å². The first-order chi connectivity index (χ1) is 10.1. The van der Waals surface area contributed by atoms with E-state index in [0.29, 0.717) is 6.54 Å². The van der Waals surface area contributed by atoms with Crippen LogP contribution in [-0.2, 0) is 6.54 Å². The molecule has 0 N–H and O–H groups in total. The molecule has 0 saturated heterocycles. The Kier molecular flexibility index (Phi) is 5.22. The van der Waals surface area contributed by atoms with Gasteiger partial charge in [0.1, 0.15) is 11.4 Å². The molecule has 0 aliphatic rings. The highest BCUT2D eigenvalue weighted by molar-refractivity contribution is 6.49. The summed E-state index contributed by atoms with van der Waals surface area (Å²) in [7, 11) is -1.11. The first-order valence-electron chi connectivity index (χ1n) is 7.11. The SMILES string of the molecule is CC(=NCc1ccccc1O[SiH](C)C)c1nccnc1C. The molecule has 1 aromatic heterocycles. The average molecular weight is 299 g/mol. The van der Waals surface area contributed by atoms with Crippen LogP contribution in [0.25, 0.3) is 0 Å². The molecule has 1 aromatic carbocycles. The summed E-state index contributed by atoms with van der Waals surface area (Å²) >= 11 is 0. The molecule has 0 aliphatic carbocycles. The molecule has 5 heteroatoms. The summed E-state index contributed by atoms with van der Waals surface area (Å²) in [5.41, 5.74) is 3.77. The van der Waals surface area contributed by atoms with E-state index in [9.17, 15) is 0 Å². The van der Waals surface area contributed by atoms with Crippen molar-refractivity contribution in [2.75, 3.05) is 0 Å². The van der Waals surface area contributed by atoms with E-state index in [4.69, 9.17) is 4.43 Å². The van der Waals surface area contributed by atoms with Crippen LogP contribution in [-0.4, -0.2) is 24.7 Å². The van der Waals surface area contributed by atoms with Gasteiger partial charge in [-0.25, -0.2) is 0 Å². The number of benzene rings is 1. The quantitative estimate of drug-likeness (QED) is 0.629. The number of hydrogen-bond acceptors (Lipinski definition) is 4. The van der Waals surface area contributed by atoms with E-state index in [1.807, 2.05) is 32.0 Å². The zero-order chi connectivity index (χ0) is 15.2. The van der Waals surface area contributed by atoms with Gasteiger partial charge < -0.3 is 4.43 Å². The molecule has 21 heavy (non-hydrogen) atoms. The molecule has 1 heterocycles. The van der Waals surface area contributed by atoms with Crippen molar-refractivity contribution in [3.8, 4) is 5.75 Å². The first-order valence-corrected chi connectivity index (χ1v) is 9.89. The van der Waals surface area contributed by atoms with Gasteiger partial charge in [-0.05, 0) is 33.0 Å². The minimum atomic E-state index is -1.11. The molecule has 0 spiro atoms. The van der Waals surface area contributed by atoms with Gasteiger partial charge in [-0.1, -0.05) is 18.2 Å². The number of aromatic nitrogens is 2. The van der Waals surface area contributed by atoms with Gasteiger partial charge in [0.25, 0.3) is 0 Å². The van der Waals surface area contributed by atoms with E-state index in [1.165, 1.54) is 0 Å². The third-order valence-electron chi connectivity index (χ3n) is 3.05. The lowest BCUT2D eigenvalue weighted by molar-refractivity contribution is 0.571. The highest BCUT2D eigenvalue weighted by Gasteiger charge is 2.07. The lowest BCUT2D eigenvalue weighted by atomic mass is 10.2. The summed E-state index contributed by atoms with van der Waals surface area (Å²) in [5, 5.41) is 0. The van der Waals surface area contributed by atoms with Gasteiger partial charge in [0.2, 0.25) is 9.04 Å². The van der Waals surface area contributed by atoms with Crippen molar-refractivity contribution < 1.29 is 4.43 Å². The van der Waals surface area contributed by atoms with E-state index in [2.05, 4.69) is 34.1 Å². The largest absolute Gasteiger partial charge is 0.547 e. The first kappa shape index (κ1) is 15.4. The summed E-state index contributed by atoms with van der Waals surface area (Å²) in [5.74, 6) is 0.951. The maximum absolute atomic E-state index is 5.95. The molecule has 0 saturated carbocycles. The zero-order valence-electron chi connectivity index (χ0n) is 13.0. The zero-order valence-corrected chi connectivity index (χ0v) is 14.2. The second-order valence-corrected chi connectivity index (χ2v) is 7.50. The predicted octanol–water partition coefficient (Wildman–Crippen LogP) is 3.16. The third kappa shape index (κ3) is 4.22. The summed E-state index contributed by atoms with van der Waals surface area (Å²) in [6.45, 7) is 8.84. The van der Waals surface area contributed by atoms with E-state index in [-0.39, 0.29) is 0 Å². The molecular weight excluding hydrogens is 278 g/mol. The molecule has 0 aliphatic heterocycles. The Morgan fingerprint density at radius 1 is 1.19 bits per heavy atom. The number of para-hydroxylation sites is 1. The molecule has 2 aromatic rings. The molecule has 2 rings (SSSR count). The Hall–Kier alpha value is -2.01. The maximum Gasteiger partial charge on any atom is 0.229 e.